The van der Waals surface area contributed by atoms with Crippen LogP contribution in [0, 0.1) is 0 Å². The molecular formula is C22H23ClN2O4S2. The number of fused-ring (bicyclic) bond motifs is 1. The summed E-state index contributed by atoms with van der Waals surface area (Å²) in [5, 5.41) is 7.12. The molecule has 0 saturated heterocycles. The first-order valence-corrected chi connectivity index (χ1v) is 11.2. The summed E-state index contributed by atoms with van der Waals surface area (Å²) >= 11 is 13.0. The first-order chi connectivity index (χ1) is 15.0. The van der Waals surface area contributed by atoms with Crippen LogP contribution in [-0.4, -0.2) is 31.8 Å². The molecule has 2 aromatic carbocycles. The Kier molecular flexibility index (Phi) is 7.95. The average Bonchev–Trinajstić information content (AvgIpc) is 3.12. The van der Waals surface area contributed by atoms with Crippen LogP contribution in [0.4, 0.5) is 0 Å². The lowest BCUT2D eigenvalue weighted by molar-refractivity contribution is 0.0981. The van der Waals surface area contributed by atoms with Crippen molar-refractivity contribution in [1.29, 1.82) is 0 Å². The van der Waals surface area contributed by atoms with Gasteiger partial charge in [0.1, 0.15) is 10.6 Å². The van der Waals surface area contributed by atoms with Crippen molar-refractivity contribution in [3.63, 3.8) is 0 Å². The minimum atomic E-state index is -0.358. The number of ether oxygens (including phenoxy) is 3. The molecule has 0 fully saturated rings. The Morgan fingerprint density at radius 2 is 1.94 bits per heavy atom. The van der Waals surface area contributed by atoms with Crippen LogP contribution in [0.25, 0.3) is 10.1 Å². The van der Waals surface area contributed by atoms with Gasteiger partial charge in [-0.1, -0.05) is 24.6 Å². The van der Waals surface area contributed by atoms with E-state index in [0.29, 0.717) is 40.3 Å². The molecule has 0 radical (unpaired) electrons. The number of benzene rings is 2. The smallest absolute Gasteiger partial charge is 0.269 e. The maximum absolute atomic E-state index is 12.7. The Morgan fingerprint density at radius 1 is 1.13 bits per heavy atom. The van der Waals surface area contributed by atoms with Crippen molar-refractivity contribution in [2.24, 2.45) is 0 Å². The number of thiocarbonyl (C=S) groups is 1. The van der Waals surface area contributed by atoms with E-state index in [2.05, 4.69) is 10.6 Å². The minimum Gasteiger partial charge on any atom is -0.497 e. The molecule has 31 heavy (non-hydrogen) atoms. The highest BCUT2D eigenvalue weighted by Crippen LogP contribution is 2.37. The number of carbonyl (C=O) groups excluding carboxylic acids is 1. The third kappa shape index (κ3) is 5.58. The molecule has 0 aliphatic rings. The van der Waals surface area contributed by atoms with Gasteiger partial charge in [0.05, 0.1) is 25.8 Å². The molecule has 0 aliphatic heterocycles. The van der Waals surface area contributed by atoms with Crippen LogP contribution in [-0.2, 0) is 6.54 Å². The van der Waals surface area contributed by atoms with Gasteiger partial charge in [-0.15, -0.1) is 11.3 Å². The number of hydrogen-bond donors (Lipinski definition) is 2. The summed E-state index contributed by atoms with van der Waals surface area (Å²) in [6.45, 7) is 3.08. The van der Waals surface area contributed by atoms with Gasteiger partial charge in [0.15, 0.2) is 16.6 Å². The summed E-state index contributed by atoms with van der Waals surface area (Å²) in [6.07, 6.45) is 0.914. The van der Waals surface area contributed by atoms with Gasteiger partial charge in [-0.3, -0.25) is 10.1 Å². The predicted octanol–water partition coefficient (Wildman–Crippen LogP) is 5.17. The maximum Gasteiger partial charge on any atom is 0.269 e. The number of nitrogens with one attached hydrogen (secondary N) is 2. The van der Waals surface area contributed by atoms with Crippen LogP contribution in [0.15, 0.2) is 36.4 Å². The third-order valence-electron chi connectivity index (χ3n) is 4.41. The molecule has 3 rings (SSSR count). The van der Waals surface area contributed by atoms with Crippen LogP contribution >= 0.6 is 35.2 Å². The summed E-state index contributed by atoms with van der Waals surface area (Å²) < 4.78 is 17.2. The fourth-order valence-electron chi connectivity index (χ4n) is 2.86. The second kappa shape index (κ2) is 10.7. The summed E-state index contributed by atoms with van der Waals surface area (Å²) in [7, 11) is 3.19. The van der Waals surface area contributed by atoms with Gasteiger partial charge in [-0.25, -0.2) is 0 Å². The largest absolute Gasteiger partial charge is 0.497 e. The fourth-order valence-corrected chi connectivity index (χ4v) is 4.46. The minimum absolute atomic E-state index is 0.210. The molecule has 1 heterocycles. The van der Waals surface area contributed by atoms with E-state index >= 15 is 0 Å². The van der Waals surface area contributed by atoms with Crippen molar-refractivity contribution in [3.05, 3.63) is 51.9 Å². The molecule has 0 atom stereocenters. The number of halogens is 1. The van der Waals surface area contributed by atoms with Gasteiger partial charge >= 0.3 is 0 Å². The lowest BCUT2D eigenvalue weighted by Gasteiger charge is -2.13. The summed E-state index contributed by atoms with van der Waals surface area (Å²) in [6, 6.07) is 11.1. The maximum atomic E-state index is 12.7. The van der Waals surface area contributed by atoms with Crippen LogP contribution in [0.2, 0.25) is 5.02 Å². The van der Waals surface area contributed by atoms with Crippen LogP contribution in [0.1, 0.15) is 28.6 Å². The third-order valence-corrected chi connectivity index (χ3v) is 6.32. The van der Waals surface area contributed by atoms with E-state index in [0.717, 1.165) is 22.1 Å². The monoisotopic (exact) mass is 478 g/mol. The van der Waals surface area contributed by atoms with E-state index in [1.807, 2.05) is 43.3 Å². The number of methoxy groups -OCH3 is 2. The predicted molar refractivity (Wildman–Crippen MR) is 129 cm³/mol. The average molecular weight is 479 g/mol. The van der Waals surface area contributed by atoms with Crippen LogP contribution in [0.3, 0.4) is 0 Å². The second-order valence-electron chi connectivity index (χ2n) is 6.58. The van der Waals surface area contributed by atoms with Crippen molar-refractivity contribution < 1.29 is 19.0 Å². The molecule has 0 bridgehead atoms. The van der Waals surface area contributed by atoms with Crippen LogP contribution < -0.4 is 24.8 Å². The molecule has 2 N–H and O–H groups in total. The van der Waals surface area contributed by atoms with Crippen molar-refractivity contribution in [3.8, 4) is 17.2 Å². The lowest BCUT2D eigenvalue weighted by Crippen LogP contribution is -2.38. The molecule has 0 spiro atoms. The first kappa shape index (κ1) is 23.1. The van der Waals surface area contributed by atoms with Crippen molar-refractivity contribution in [2.75, 3.05) is 20.8 Å². The zero-order chi connectivity index (χ0) is 22.4. The number of hydrogen-bond acceptors (Lipinski definition) is 6. The molecule has 3 aromatic rings. The van der Waals surface area contributed by atoms with E-state index in [1.54, 1.807) is 14.2 Å². The van der Waals surface area contributed by atoms with Crippen molar-refractivity contribution in [2.45, 2.75) is 19.9 Å². The SMILES string of the molecule is CCCOc1ccc(CNC(=S)NC(=O)c2sc3cc(OC)ccc3c2Cl)cc1OC. The van der Waals surface area contributed by atoms with Gasteiger partial charge in [-0.2, -0.15) is 0 Å². The van der Waals surface area contributed by atoms with E-state index in [4.69, 9.17) is 38.0 Å². The van der Waals surface area contributed by atoms with Crippen molar-refractivity contribution >= 4 is 56.3 Å². The molecular weight excluding hydrogens is 456 g/mol. The molecule has 1 aromatic heterocycles. The van der Waals surface area contributed by atoms with Gasteiger partial charge in [0.2, 0.25) is 0 Å². The number of rotatable bonds is 8. The number of carbonyl (C=O) groups is 1. The Morgan fingerprint density at radius 3 is 2.65 bits per heavy atom. The normalized spacial score (nSPS) is 10.6. The fraction of sp³-hybridized carbons (Fsp3) is 0.273. The Labute approximate surface area is 195 Å². The first-order valence-electron chi connectivity index (χ1n) is 9.61. The van der Waals surface area contributed by atoms with Gasteiger partial charge < -0.3 is 19.5 Å². The van der Waals surface area contributed by atoms with Gasteiger partial charge in [-0.05, 0) is 54.5 Å². The standard InChI is InChI=1S/C22H23ClN2O4S2/c1-4-9-29-16-8-5-13(10-17(16)28-3)12-24-22(30)25-21(26)20-19(23)15-7-6-14(27-2)11-18(15)31-20/h5-8,10-11H,4,9,12H2,1-3H3,(H2,24,25,26,30). The van der Waals surface area contributed by atoms with Crippen molar-refractivity contribution in [1.82, 2.24) is 10.6 Å². The van der Waals surface area contributed by atoms with E-state index in [9.17, 15) is 4.79 Å². The Bertz CT molecular complexity index is 1100. The highest BCUT2D eigenvalue weighted by Gasteiger charge is 2.18. The molecule has 9 heteroatoms. The molecule has 1 amide bonds. The lowest BCUT2D eigenvalue weighted by atomic mass is 10.2. The highest BCUT2D eigenvalue weighted by molar-refractivity contribution is 7.80. The van der Waals surface area contributed by atoms with Crippen LogP contribution in [0.5, 0.6) is 17.2 Å². The molecule has 0 aliphatic carbocycles. The Hall–Kier alpha value is -2.55. The number of amides is 1. The van der Waals surface area contributed by atoms with Gasteiger partial charge in [0, 0.05) is 16.6 Å². The number of thiophene rings is 1. The highest BCUT2D eigenvalue weighted by atomic mass is 35.5. The molecule has 164 valence electrons. The molecule has 0 saturated carbocycles. The summed E-state index contributed by atoms with van der Waals surface area (Å²) in [5.41, 5.74) is 0.935. The zero-order valence-corrected chi connectivity index (χ0v) is 19.8. The van der Waals surface area contributed by atoms with E-state index < -0.39 is 0 Å². The van der Waals surface area contributed by atoms with E-state index in [-0.39, 0.29) is 11.0 Å². The summed E-state index contributed by atoms with van der Waals surface area (Å²) in [5.74, 6) is 1.69. The Balaban J connectivity index is 1.62. The molecule has 6 nitrogen and oxygen atoms in total. The molecule has 0 unspecified atom stereocenters. The summed E-state index contributed by atoms with van der Waals surface area (Å²) in [4.78, 5) is 13.1. The quantitative estimate of drug-likeness (QED) is 0.435. The second-order valence-corrected chi connectivity index (χ2v) is 8.42. The van der Waals surface area contributed by atoms with Gasteiger partial charge in [0.25, 0.3) is 5.91 Å². The topological polar surface area (TPSA) is 68.8 Å². The zero-order valence-electron chi connectivity index (χ0n) is 17.4. The van der Waals surface area contributed by atoms with E-state index in [1.165, 1.54) is 11.3 Å².